The summed E-state index contributed by atoms with van der Waals surface area (Å²) in [6, 6.07) is 6.53. The van der Waals surface area contributed by atoms with E-state index in [-0.39, 0.29) is 6.04 Å². The van der Waals surface area contributed by atoms with Crippen molar-refractivity contribution in [1.82, 2.24) is 14.9 Å². The highest BCUT2D eigenvalue weighted by Gasteiger charge is 2.23. The molecule has 3 rings (SSSR count). The highest BCUT2D eigenvalue weighted by atomic mass is 32.1. The third-order valence-electron chi connectivity index (χ3n) is 3.35. The lowest BCUT2D eigenvalue weighted by Crippen LogP contribution is -2.23. The van der Waals surface area contributed by atoms with Crippen LogP contribution in [0, 0.1) is 0 Å². The number of aryl methyl sites for hydroxylation is 1. The predicted molar refractivity (Wildman–Crippen MR) is 75.7 cm³/mol. The molecule has 1 aromatic carbocycles. The van der Waals surface area contributed by atoms with Crippen LogP contribution in [0.4, 0.5) is 0 Å². The SMILES string of the molecule is CCNC(c1cnns1)c1cccc2c1OCCC2. The van der Waals surface area contributed by atoms with Gasteiger partial charge in [-0.05, 0) is 36.5 Å². The summed E-state index contributed by atoms with van der Waals surface area (Å²) >= 11 is 1.44. The number of nitrogens with one attached hydrogen (secondary N) is 1. The van der Waals surface area contributed by atoms with Crippen LogP contribution in [0.15, 0.2) is 24.4 Å². The zero-order chi connectivity index (χ0) is 13.1. The lowest BCUT2D eigenvalue weighted by atomic mass is 9.97. The summed E-state index contributed by atoms with van der Waals surface area (Å²) in [7, 11) is 0. The molecule has 0 bridgehead atoms. The first kappa shape index (κ1) is 12.6. The molecule has 1 unspecified atom stereocenters. The Morgan fingerprint density at radius 3 is 3.21 bits per heavy atom. The van der Waals surface area contributed by atoms with Crippen molar-refractivity contribution < 1.29 is 4.74 Å². The Morgan fingerprint density at radius 1 is 1.47 bits per heavy atom. The first-order valence-corrected chi connectivity index (χ1v) is 7.42. The summed E-state index contributed by atoms with van der Waals surface area (Å²) in [5, 5.41) is 7.45. The summed E-state index contributed by atoms with van der Waals surface area (Å²) in [6.45, 7) is 3.81. The van der Waals surface area contributed by atoms with Gasteiger partial charge in [-0.15, -0.1) is 5.10 Å². The monoisotopic (exact) mass is 275 g/mol. The van der Waals surface area contributed by atoms with Crippen molar-refractivity contribution in [3.05, 3.63) is 40.4 Å². The number of hydrogen-bond acceptors (Lipinski definition) is 5. The minimum atomic E-state index is 0.123. The molecule has 1 atom stereocenters. The van der Waals surface area contributed by atoms with Crippen LogP contribution >= 0.6 is 11.5 Å². The van der Waals surface area contributed by atoms with Crippen LogP contribution in [0.25, 0.3) is 0 Å². The van der Waals surface area contributed by atoms with Gasteiger partial charge in [0.05, 0.1) is 23.7 Å². The molecule has 0 saturated carbocycles. The number of aromatic nitrogens is 2. The normalized spacial score (nSPS) is 15.6. The number of benzene rings is 1. The van der Waals surface area contributed by atoms with Crippen LogP contribution in [-0.2, 0) is 6.42 Å². The molecule has 19 heavy (non-hydrogen) atoms. The molecule has 0 radical (unpaired) electrons. The fraction of sp³-hybridized carbons (Fsp3) is 0.429. The molecule has 0 fully saturated rings. The van der Waals surface area contributed by atoms with Gasteiger partial charge in [0.25, 0.3) is 0 Å². The number of para-hydroxylation sites is 1. The highest BCUT2D eigenvalue weighted by Crippen LogP contribution is 2.36. The van der Waals surface area contributed by atoms with Crippen molar-refractivity contribution in [1.29, 1.82) is 0 Å². The molecule has 1 aromatic heterocycles. The lowest BCUT2D eigenvalue weighted by molar-refractivity contribution is 0.283. The Labute approximate surface area is 117 Å². The number of fused-ring (bicyclic) bond motifs is 1. The molecule has 1 aliphatic rings. The smallest absolute Gasteiger partial charge is 0.127 e. The summed E-state index contributed by atoms with van der Waals surface area (Å²) in [4.78, 5) is 1.13. The minimum absolute atomic E-state index is 0.123. The summed E-state index contributed by atoms with van der Waals surface area (Å²) < 4.78 is 9.88. The second-order valence-corrected chi connectivity index (χ2v) is 5.42. The maximum atomic E-state index is 5.90. The Balaban J connectivity index is 2.03. The second kappa shape index (κ2) is 5.67. The Morgan fingerprint density at radius 2 is 2.42 bits per heavy atom. The van der Waals surface area contributed by atoms with E-state index in [1.807, 2.05) is 6.20 Å². The molecule has 2 aromatic rings. The molecule has 1 aliphatic heterocycles. The quantitative estimate of drug-likeness (QED) is 0.931. The first-order valence-electron chi connectivity index (χ1n) is 6.65. The van der Waals surface area contributed by atoms with Gasteiger partial charge in [0, 0.05) is 5.56 Å². The zero-order valence-electron chi connectivity index (χ0n) is 10.9. The van der Waals surface area contributed by atoms with Gasteiger partial charge in [-0.2, -0.15) is 0 Å². The summed E-state index contributed by atoms with van der Waals surface area (Å²) in [6.07, 6.45) is 4.04. The fourth-order valence-corrected chi connectivity index (χ4v) is 3.11. The third kappa shape index (κ3) is 2.48. The molecule has 0 amide bonds. The summed E-state index contributed by atoms with van der Waals surface area (Å²) in [5.41, 5.74) is 2.51. The predicted octanol–water partition coefficient (Wildman–Crippen LogP) is 2.56. The van der Waals surface area contributed by atoms with E-state index in [0.29, 0.717) is 0 Å². The van der Waals surface area contributed by atoms with Crippen LogP contribution in [0.1, 0.15) is 35.4 Å². The topological polar surface area (TPSA) is 47.0 Å². The first-order chi connectivity index (χ1) is 9.40. The molecular weight excluding hydrogens is 258 g/mol. The van der Waals surface area contributed by atoms with Gasteiger partial charge in [-0.1, -0.05) is 29.6 Å². The van der Waals surface area contributed by atoms with Crippen molar-refractivity contribution in [2.45, 2.75) is 25.8 Å². The molecule has 0 aliphatic carbocycles. The standard InChI is InChI=1S/C14H17N3OS/c1-2-15-13(12-9-16-17-19-12)11-7-3-5-10-6-4-8-18-14(10)11/h3,5,7,9,13,15H,2,4,6,8H2,1H3. The molecular formula is C14H17N3OS. The maximum absolute atomic E-state index is 5.90. The van der Waals surface area contributed by atoms with Gasteiger partial charge in [-0.25, -0.2) is 0 Å². The van der Waals surface area contributed by atoms with Crippen molar-refractivity contribution in [2.24, 2.45) is 0 Å². The molecule has 0 spiro atoms. The average Bonchev–Trinajstić information content (AvgIpc) is 2.98. The Bertz CT molecular complexity index is 542. The van der Waals surface area contributed by atoms with Crippen LogP contribution < -0.4 is 10.1 Å². The summed E-state index contributed by atoms with van der Waals surface area (Å²) in [5.74, 6) is 1.05. The van der Waals surface area contributed by atoms with E-state index >= 15 is 0 Å². The number of nitrogens with zero attached hydrogens (tertiary/aromatic N) is 2. The number of rotatable bonds is 4. The Hall–Kier alpha value is -1.46. The molecule has 0 saturated heterocycles. The van der Waals surface area contributed by atoms with E-state index in [2.05, 4.69) is 40.0 Å². The molecule has 1 N–H and O–H groups in total. The minimum Gasteiger partial charge on any atom is -0.493 e. The van der Waals surface area contributed by atoms with Crippen LogP contribution in [0.5, 0.6) is 5.75 Å². The second-order valence-electron chi connectivity index (χ2n) is 4.60. The van der Waals surface area contributed by atoms with Gasteiger partial charge in [-0.3, -0.25) is 0 Å². The van der Waals surface area contributed by atoms with Crippen LogP contribution in [0.2, 0.25) is 0 Å². The van der Waals surface area contributed by atoms with Crippen LogP contribution in [0.3, 0.4) is 0 Å². The molecule has 100 valence electrons. The van der Waals surface area contributed by atoms with E-state index in [4.69, 9.17) is 4.74 Å². The van der Waals surface area contributed by atoms with E-state index in [9.17, 15) is 0 Å². The maximum Gasteiger partial charge on any atom is 0.127 e. The van der Waals surface area contributed by atoms with Crippen molar-refractivity contribution in [3.63, 3.8) is 0 Å². The number of ether oxygens (including phenoxy) is 1. The fourth-order valence-electron chi connectivity index (χ4n) is 2.51. The molecule has 2 heterocycles. The lowest BCUT2D eigenvalue weighted by Gasteiger charge is -2.24. The van der Waals surface area contributed by atoms with Crippen molar-refractivity contribution in [3.8, 4) is 5.75 Å². The van der Waals surface area contributed by atoms with Gasteiger partial charge in [0.15, 0.2) is 0 Å². The number of hydrogen-bond donors (Lipinski definition) is 1. The third-order valence-corrected chi connectivity index (χ3v) is 4.07. The van der Waals surface area contributed by atoms with E-state index in [1.165, 1.54) is 22.7 Å². The van der Waals surface area contributed by atoms with E-state index in [0.717, 1.165) is 36.6 Å². The highest BCUT2D eigenvalue weighted by molar-refractivity contribution is 7.05. The molecule has 5 heteroatoms. The van der Waals surface area contributed by atoms with Crippen molar-refractivity contribution >= 4 is 11.5 Å². The van der Waals surface area contributed by atoms with Crippen LogP contribution in [-0.4, -0.2) is 22.7 Å². The largest absolute Gasteiger partial charge is 0.493 e. The Kier molecular flexibility index (Phi) is 3.75. The zero-order valence-corrected chi connectivity index (χ0v) is 11.7. The van der Waals surface area contributed by atoms with Gasteiger partial charge < -0.3 is 10.1 Å². The average molecular weight is 275 g/mol. The van der Waals surface area contributed by atoms with E-state index < -0.39 is 0 Å². The van der Waals surface area contributed by atoms with Gasteiger partial charge in [0.2, 0.25) is 0 Å². The molecule has 4 nitrogen and oxygen atoms in total. The van der Waals surface area contributed by atoms with Gasteiger partial charge in [0.1, 0.15) is 5.75 Å². The van der Waals surface area contributed by atoms with Gasteiger partial charge >= 0.3 is 0 Å². The van der Waals surface area contributed by atoms with E-state index in [1.54, 1.807) is 0 Å². The van der Waals surface area contributed by atoms with Crippen molar-refractivity contribution in [2.75, 3.05) is 13.2 Å².